The summed E-state index contributed by atoms with van der Waals surface area (Å²) in [4.78, 5) is 24.9. The molecular weight excluding hydrogens is 288 g/mol. The zero-order valence-corrected chi connectivity index (χ0v) is 13.0. The van der Waals surface area contributed by atoms with Crippen molar-refractivity contribution >= 4 is 27.6 Å². The summed E-state index contributed by atoms with van der Waals surface area (Å²) in [7, 11) is 2.20. The molecule has 2 atom stereocenters. The average molecular weight is 306 g/mol. The molecule has 1 N–H and O–H groups in total. The van der Waals surface area contributed by atoms with Crippen LogP contribution < -0.4 is 10.5 Å². The number of fused-ring (bicyclic) bond motifs is 5. The minimum atomic E-state index is -0.0514. The molecule has 0 amide bonds. The summed E-state index contributed by atoms with van der Waals surface area (Å²) >= 11 is 0. The van der Waals surface area contributed by atoms with Gasteiger partial charge in [0.15, 0.2) is 0 Å². The smallest absolute Gasteiger partial charge is 0.256 e. The number of rotatable bonds is 1. The Balaban J connectivity index is 1.69. The molecule has 116 valence electrons. The van der Waals surface area contributed by atoms with Gasteiger partial charge in [0.05, 0.1) is 11.0 Å². The molecule has 5 heteroatoms. The van der Waals surface area contributed by atoms with Crippen LogP contribution in [0, 0.1) is 0 Å². The molecule has 2 unspecified atom stereocenters. The summed E-state index contributed by atoms with van der Waals surface area (Å²) in [6, 6.07) is 12.9. The topological polar surface area (TPSA) is 52.2 Å². The first-order chi connectivity index (χ1) is 11.2. The highest BCUT2D eigenvalue weighted by molar-refractivity contribution is 6.03. The van der Waals surface area contributed by atoms with Gasteiger partial charge in [0.1, 0.15) is 5.82 Å². The van der Waals surface area contributed by atoms with Gasteiger partial charge in [-0.05, 0) is 31.7 Å². The van der Waals surface area contributed by atoms with E-state index in [0.717, 1.165) is 35.3 Å². The predicted octanol–water partition coefficient (Wildman–Crippen LogP) is 1.97. The highest BCUT2D eigenvalue weighted by atomic mass is 16.1. The van der Waals surface area contributed by atoms with Crippen LogP contribution in [0.25, 0.3) is 21.8 Å². The second kappa shape index (κ2) is 4.55. The van der Waals surface area contributed by atoms with E-state index in [0.29, 0.717) is 17.5 Å². The number of benzene rings is 1. The third-order valence-corrected chi connectivity index (χ3v) is 5.36. The van der Waals surface area contributed by atoms with Crippen LogP contribution in [0.5, 0.6) is 0 Å². The molecule has 0 saturated carbocycles. The molecule has 2 saturated heterocycles. The maximum Gasteiger partial charge on any atom is 0.256 e. The number of nitrogens with one attached hydrogen (secondary N) is 1. The van der Waals surface area contributed by atoms with Crippen molar-refractivity contribution in [2.75, 3.05) is 25.0 Å². The number of aromatic nitrogens is 2. The molecule has 0 radical (unpaired) electrons. The van der Waals surface area contributed by atoms with Crippen molar-refractivity contribution in [2.45, 2.75) is 18.5 Å². The Morgan fingerprint density at radius 1 is 1.09 bits per heavy atom. The number of nitrogens with zero attached hydrogens (tertiary/aromatic N) is 3. The minimum Gasteiger partial charge on any atom is -0.351 e. The van der Waals surface area contributed by atoms with Gasteiger partial charge >= 0.3 is 0 Å². The Kier molecular flexibility index (Phi) is 2.59. The number of pyridine rings is 2. The first-order valence-electron chi connectivity index (χ1n) is 8.09. The third-order valence-electron chi connectivity index (χ3n) is 5.36. The average Bonchev–Trinajstić information content (AvgIpc) is 3.14. The molecule has 1 aromatic carbocycles. The van der Waals surface area contributed by atoms with Gasteiger partial charge in [-0.1, -0.05) is 18.2 Å². The molecule has 0 aliphatic carbocycles. The van der Waals surface area contributed by atoms with Gasteiger partial charge in [0.25, 0.3) is 5.56 Å². The second-order valence-corrected chi connectivity index (χ2v) is 6.70. The number of aromatic amines is 1. The largest absolute Gasteiger partial charge is 0.351 e. The highest BCUT2D eigenvalue weighted by Crippen LogP contribution is 2.33. The Morgan fingerprint density at radius 2 is 1.91 bits per heavy atom. The summed E-state index contributed by atoms with van der Waals surface area (Å²) < 4.78 is 0. The molecule has 23 heavy (non-hydrogen) atoms. The number of anilines is 1. The van der Waals surface area contributed by atoms with E-state index in [1.807, 2.05) is 36.4 Å². The monoisotopic (exact) mass is 306 g/mol. The van der Waals surface area contributed by atoms with Gasteiger partial charge in [-0.3, -0.25) is 9.69 Å². The lowest BCUT2D eigenvalue weighted by Gasteiger charge is -2.32. The molecule has 4 heterocycles. The maximum atomic E-state index is 12.2. The van der Waals surface area contributed by atoms with Crippen LogP contribution in [-0.4, -0.2) is 47.1 Å². The van der Waals surface area contributed by atoms with Crippen molar-refractivity contribution in [3.63, 3.8) is 0 Å². The fourth-order valence-electron chi connectivity index (χ4n) is 4.14. The van der Waals surface area contributed by atoms with Gasteiger partial charge in [-0.2, -0.15) is 0 Å². The van der Waals surface area contributed by atoms with E-state index in [-0.39, 0.29) is 5.56 Å². The van der Waals surface area contributed by atoms with Gasteiger partial charge in [0, 0.05) is 35.9 Å². The van der Waals surface area contributed by atoms with Crippen LogP contribution >= 0.6 is 0 Å². The van der Waals surface area contributed by atoms with E-state index in [9.17, 15) is 4.79 Å². The summed E-state index contributed by atoms with van der Waals surface area (Å²) in [6.45, 7) is 2.15. The summed E-state index contributed by atoms with van der Waals surface area (Å²) in [5.74, 6) is 1.02. The lowest BCUT2D eigenvalue weighted by atomic mass is 10.1. The van der Waals surface area contributed by atoms with Crippen LogP contribution in [-0.2, 0) is 0 Å². The Labute approximate surface area is 133 Å². The van der Waals surface area contributed by atoms with Crippen molar-refractivity contribution in [3.8, 4) is 0 Å². The molecule has 5 rings (SSSR count). The number of likely N-dealkylation sites (N-methyl/N-ethyl adjacent to an activating group) is 1. The molecule has 3 aromatic rings. The van der Waals surface area contributed by atoms with Crippen molar-refractivity contribution < 1.29 is 0 Å². The lowest BCUT2D eigenvalue weighted by Crippen LogP contribution is -2.44. The lowest BCUT2D eigenvalue weighted by molar-refractivity contribution is 0.292. The Bertz CT molecular complexity index is 978. The van der Waals surface area contributed by atoms with E-state index < -0.39 is 0 Å². The van der Waals surface area contributed by atoms with Crippen LogP contribution in [0.4, 0.5) is 5.82 Å². The quantitative estimate of drug-likeness (QED) is 0.698. The van der Waals surface area contributed by atoms with Crippen molar-refractivity contribution in [3.05, 3.63) is 46.8 Å². The molecule has 2 aromatic heterocycles. The fourth-order valence-corrected chi connectivity index (χ4v) is 4.14. The van der Waals surface area contributed by atoms with E-state index in [1.54, 1.807) is 0 Å². The first-order valence-corrected chi connectivity index (χ1v) is 8.09. The fraction of sp³-hybridized carbons (Fsp3) is 0.333. The summed E-state index contributed by atoms with van der Waals surface area (Å²) in [5.41, 5.74) is 1.64. The van der Waals surface area contributed by atoms with Crippen LogP contribution in [0.3, 0.4) is 0 Å². The van der Waals surface area contributed by atoms with Crippen molar-refractivity contribution in [1.82, 2.24) is 14.9 Å². The Hall–Kier alpha value is -2.40. The highest BCUT2D eigenvalue weighted by Gasteiger charge is 2.41. The number of hydrogen-bond donors (Lipinski definition) is 1. The first kappa shape index (κ1) is 13.1. The standard InChI is InChI=1S/C18H18N4O/c1-21-9-12-8-11(21)10-22(12)16-7-6-15-17(20-16)13-4-2-3-5-14(13)18(23)19-15/h2-7,11-12H,8-10H2,1H3,(H,19,23). The number of likely N-dealkylation sites (tertiary alicyclic amines) is 1. The minimum absolute atomic E-state index is 0.0514. The molecule has 2 bridgehead atoms. The third kappa shape index (κ3) is 1.83. The van der Waals surface area contributed by atoms with E-state index >= 15 is 0 Å². The van der Waals surface area contributed by atoms with Crippen molar-refractivity contribution in [1.29, 1.82) is 0 Å². The number of H-pyrrole nitrogens is 1. The van der Waals surface area contributed by atoms with Gasteiger partial charge < -0.3 is 9.88 Å². The second-order valence-electron chi connectivity index (χ2n) is 6.70. The normalized spacial score (nSPS) is 24.1. The summed E-state index contributed by atoms with van der Waals surface area (Å²) in [5, 5.41) is 1.63. The zero-order chi connectivity index (χ0) is 15.6. The number of hydrogen-bond acceptors (Lipinski definition) is 4. The predicted molar refractivity (Wildman–Crippen MR) is 92.0 cm³/mol. The van der Waals surface area contributed by atoms with Crippen molar-refractivity contribution in [2.24, 2.45) is 0 Å². The maximum absolute atomic E-state index is 12.2. The molecule has 5 nitrogen and oxygen atoms in total. The molecule has 2 aliphatic heterocycles. The van der Waals surface area contributed by atoms with Gasteiger partial charge in [0.2, 0.25) is 0 Å². The van der Waals surface area contributed by atoms with Crippen LogP contribution in [0.15, 0.2) is 41.2 Å². The molecular formula is C18H18N4O. The molecule has 2 aliphatic rings. The zero-order valence-electron chi connectivity index (χ0n) is 13.0. The molecule has 2 fully saturated rings. The van der Waals surface area contributed by atoms with E-state index in [1.165, 1.54) is 6.42 Å². The molecule has 0 spiro atoms. The van der Waals surface area contributed by atoms with E-state index in [4.69, 9.17) is 4.98 Å². The SMILES string of the molecule is CN1CC2CC1CN2c1ccc2[nH]c(=O)c3ccccc3c2n1. The number of piperazine rings is 1. The van der Waals surface area contributed by atoms with E-state index in [2.05, 4.69) is 21.8 Å². The van der Waals surface area contributed by atoms with Gasteiger partial charge in [-0.25, -0.2) is 4.98 Å². The Morgan fingerprint density at radius 3 is 2.65 bits per heavy atom. The van der Waals surface area contributed by atoms with Gasteiger partial charge in [-0.15, -0.1) is 0 Å². The van der Waals surface area contributed by atoms with Crippen LogP contribution in [0.2, 0.25) is 0 Å². The summed E-state index contributed by atoms with van der Waals surface area (Å²) in [6.07, 6.45) is 1.22. The van der Waals surface area contributed by atoms with Crippen LogP contribution in [0.1, 0.15) is 6.42 Å².